The third kappa shape index (κ3) is 8.04. The first-order chi connectivity index (χ1) is 17.9. The summed E-state index contributed by atoms with van der Waals surface area (Å²) in [6.07, 6.45) is 3.44. The molecule has 210 valence electrons. The van der Waals surface area contributed by atoms with Crippen LogP contribution in [-0.2, 0) is 27.2 Å². The molecule has 1 aromatic heterocycles. The quantitative estimate of drug-likeness (QED) is 0.240. The van der Waals surface area contributed by atoms with Crippen molar-refractivity contribution in [2.45, 2.75) is 82.9 Å². The maximum absolute atomic E-state index is 12.6. The summed E-state index contributed by atoms with van der Waals surface area (Å²) in [4.78, 5) is 54.6. The van der Waals surface area contributed by atoms with Crippen LogP contribution in [0, 0.1) is 0 Å². The molecule has 38 heavy (non-hydrogen) atoms. The number of nitrogens with one attached hydrogen (secondary N) is 4. The lowest BCUT2D eigenvalue weighted by Gasteiger charge is -2.41. The minimum absolute atomic E-state index is 0.00119. The summed E-state index contributed by atoms with van der Waals surface area (Å²) in [6, 6.07) is 2.32. The lowest BCUT2D eigenvalue weighted by Crippen LogP contribution is -2.62. The van der Waals surface area contributed by atoms with E-state index in [0.717, 1.165) is 43.7 Å². The van der Waals surface area contributed by atoms with E-state index in [0.29, 0.717) is 6.54 Å². The molecule has 1 fully saturated rings. The third-order valence-corrected chi connectivity index (χ3v) is 6.96. The molecule has 3 heterocycles. The van der Waals surface area contributed by atoms with E-state index in [4.69, 9.17) is 0 Å². The van der Waals surface area contributed by atoms with Gasteiger partial charge >= 0.3 is 12.0 Å². The van der Waals surface area contributed by atoms with Gasteiger partial charge in [-0.05, 0) is 64.0 Å². The zero-order valence-corrected chi connectivity index (χ0v) is 22.4. The molecule has 0 spiro atoms. The Bertz CT molecular complexity index is 1040. The number of pyridine rings is 1. The first-order valence-electron chi connectivity index (χ1n) is 13.2. The first kappa shape index (κ1) is 29.2. The number of hydrogen-bond donors (Lipinski definition) is 6. The number of carbonyl (C=O) groups is 4. The standard InChI is InChI=1S/C26H40N6O6/c1-17(33)31-25(2,3)16-20(34)30-21(23(35)36)26(38)10-14-32(15-11-26)24(37)28-13-5-7-19-9-8-18-6-4-12-27-22(18)29-19/h8-9,21,38H,4-7,10-16H2,1-3H3,(H,27,29)(H,28,37)(H,30,34)(H,31,33)(H,35,36). The van der Waals surface area contributed by atoms with E-state index in [1.54, 1.807) is 13.8 Å². The number of aliphatic carboxylic acids is 1. The molecule has 3 rings (SSSR count). The number of amides is 4. The van der Waals surface area contributed by atoms with Crippen molar-refractivity contribution in [2.75, 3.05) is 31.5 Å². The number of nitrogens with zero attached hydrogens (tertiary/aromatic N) is 2. The van der Waals surface area contributed by atoms with Crippen molar-refractivity contribution in [1.29, 1.82) is 0 Å². The molecule has 0 aromatic carbocycles. The topological polar surface area (TPSA) is 173 Å². The number of aryl methyl sites for hydroxylation is 2. The molecular weight excluding hydrogens is 492 g/mol. The number of carbonyl (C=O) groups excluding carboxylic acids is 3. The van der Waals surface area contributed by atoms with Gasteiger partial charge in [-0.15, -0.1) is 0 Å². The Morgan fingerprint density at radius 1 is 1.21 bits per heavy atom. The number of urea groups is 1. The zero-order valence-electron chi connectivity index (χ0n) is 22.4. The van der Waals surface area contributed by atoms with E-state index in [9.17, 15) is 29.4 Å². The van der Waals surface area contributed by atoms with Crippen LogP contribution in [0.3, 0.4) is 0 Å². The molecule has 12 heteroatoms. The zero-order chi connectivity index (χ0) is 27.9. The van der Waals surface area contributed by atoms with Crippen molar-refractivity contribution in [1.82, 2.24) is 25.8 Å². The van der Waals surface area contributed by atoms with Crippen molar-refractivity contribution >= 4 is 29.6 Å². The van der Waals surface area contributed by atoms with Crippen LogP contribution in [0.4, 0.5) is 10.6 Å². The van der Waals surface area contributed by atoms with Gasteiger partial charge in [0.05, 0.1) is 5.60 Å². The molecule has 12 nitrogen and oxygen atoms in total. The molecule has 4 amide bonds. The first-order valence-corrected chi connectivity index (χ1v) is 13.2. The number of carboxylic acid groups (broad SMARTS) is 1. The molecule has 0 aliphatic carbocycles. The lowest BCUT2D eigenvalue weighted by atomic mass is 9.84. The Kier molecular flexibility index (Phi) is 9.53. The summed E-state index contributed by atoms with van der Waals surface area (Å²) in [7, 11) is 0. The molecule has 0 saturated carbocycles. The molecule has 1 atom stereocenters. The smallest absolute Gasteiger partial charge is 0.329 e. The summed E-state index contributed by atoms with van der Waals surface area (Å²) in [6.45, 7) is 6.32. The Morgan fingerprint density at radius 2 is 1.92 bits per heavy atom. The maximum Gasteiger partial charge on any atom is 0.329 e. The van der Waals surface area contributed by atoms with Crippen LogP contribution in [0.15, 0.2) is 12.1 Å². The van der Waals surface area contributed by atoms with Gasteiger partial charge in [0.25, 0.3) is 0 Å². The lowest BCUT2D eigenvalue weighted by molar-refractivity contribution is -0.153. The van der Waals surface area contributed by atoms with Crippen LogP contribution < -0.4 is 21.3 Å². The molecule has 2 aliphatic rings. The number of fused-ring (bicyclic) bond motifs is 1. The van der Waals surface area contributed by atoms with Crippen LogP contribution in [-0.4, -0.2) is 87.3 Å². The molecule has 1 aromatic rings. The van der Waals surface area contributed by atoms with Crippen molar-refractivity contribution in [3.05, 3.63) is 23.4 Å². The van der Waals surface area contributed by atoms with Crippen molar-refractivity contribution in [3.8, 4) is 0 Å². The molecule has 6 N–H and O–H groups in total. The van der Waals surface area contributed by atoms with Crippen LogP contribution in [0.25, 0.3) is 0 Å². The fourth-order valence-electron chi connectivity index (χ4n) is 5.03. The van der Waals surface area contributed by atoms with Crippen LogP contribution >= 0.6 is 0 Å². The Labute approximate surface area is 222 Å². The number of likely N-dealkylation sites (tertiary alicyclic amines) is 1. The summed E-state index contributed by atoms with van der Waals surface area (Å²) in [5, 5.41) is 32.0. The number of piperidine rings is 1. The Balaban J connectivity index is 1.44. The second-order valence-corrected chi connectivity index (χ2v) is 10.8. The van der Waals surface area contributed by atoms with Crippen LogP contribution in [0.5, 0.6) is 0 Å². The summed E-state index contributed by atoms with van der Waals surface area (Å²) >= 11 is 0. The number of carboxylic acids is 1. The van der Waals surface area contributed by atoms with Gasteiger partial charge in [0.2, 0.25) is 11.8 Å². The van der Waals surface area contributed by atoms with Crippen LogP contribution in [0.1, 0.15) is 64.1 Å². The predicted molar refractivity (Wildman–Crippen MR) is 141 cm³/mol. The van der Waals surface area contributed by atoms with Gasteiger partial charge in [0.1, 0.15) is 5.82 Å². The van der Waals surface area contributed by atoms with Gasteiger partial charge in [-0.2, -0.15) is 0 Å². The molecule has 2 aliphatic heterocycles. The van der Waals surface area contributed by atoms with Crippen molar-refractivity contribution in [3.63, 3.8) is 0 Å². The Hall–Kier alpha value is -3.41. The second-order valence-electron chi connectivity index (χ2n) is 10.8. The molecule has 1 saturated heterocycles. The third-order valence-electron chi connectivity index (χ3n) is 6.96. The maximum atomic E-state index is 12.6. The highest BCUT2D eigenvalue weighted by atomic mass is 16.4. The van der Waals surface area contributed by atoms with E-state index < -0.39 is 29.1 Å². The SMILES string of the molecule is CC(=O)NC(C)(C)CC(=O)NC(C(=O)O)C1(O)CCN(C(=O)NCCCc2ccc3c(n2)NCCC3)CC1. The fraction of sp³-hybridized carbons (Fsp3) is 0.654. The molecule has 1 unspecified atom stereocenters. The molecule has 0 radical (unpaired) electrons. The molecular formula is C26H40N6O6. The van der Waals surface area contributed by atoms with Gasteiger partial charge in [-0.1, -0.05) is 6.07 Å². The number of aromatic nitrogens is 1. The van der Waals surface area contributed by atoms with Crippen molar-refractivity contribution in [2.24, 2.45) is 0 Å². The average Bonchev–Trinajstić information content (AvgIpc) is 2.84. The summed E-state index contributed by atoms with van der Waals surface area (Å²) < 4.78 is 0. The number of aliphatic hydroxyl groups is 1. The van der Waals surface area contributed by atoms with E-state index >= 15 is 0 Å². The van der Waals surface area contributed by atoms with Gasteiger partial charge < -0.3 is 36.4 Å². The highest BCUT2D eigenvalue weighted by Crippen LogP contribution is 2.27. The van der Waals surface area contributed by atoms with Gasteiger partial charge in [0.15, 0.2) is 6.04 Å². The van der Waals surface area contributed by atoms with E-state index in [1.165, 1.54) is 17.4 Å². The van der Waals surface area contributed by atoms with E-state index in [1.807, 2.05) is 6.07 Å². The fourth-order valence-corrected chi connectivity index (χ4v) is 5.03. The minimum Gasteiger partial charge on any atom is -0.480 e. The number of rotatable bonds is 10. The van der Waals surface area contributed by atoms with Gasteiger partial charge in [-0.3, -0.25) is 9.59 Å². The van der Waals surface area contributed by atoms with Crippen molar-refractivity contribution < 1.29 is 29.4 Å². The number of hydrogen-bond acceptors (Lipinski definition) is 7. The van der Waals surface area contributed by atoms with Crippen LogP contribution in [0.2, 0.25) is 0 Å². The van der Waals surface area contributed by atoms with Gasteiger partial charge in [0, 0.05) is 50.8 Å². The number of anilines is 1. The minimum atomic E-state index is -1.71. The monoisotopic (exact) mass is 532 g/mol. The van der Waals surface area contributed by atoms with E-state index in [-0.39, 0.29) is 44.3 Å². The Morgan fingerprint density at radius 3 is 2.58 bits per heavy atom. The highest BCUT2D eigenvalue weighted by molar-refractivity contribution is 5.86. The molecule has 0 bridgehead atoms. The highest BCUT2D eigenvalue weighted by Gasteiger charge is 2.45. The average molecular weight is 533 g/mol. The second kappa shape index (κ2) is 12.4. The normalized spacial score (nSPS) is 17.4. The van der Waals surface area contributed by atoms with E-state index in [2.05, 4.69) is 32.3 Å². The largest absolute Gasteiger partial charge is 0.480 e. The predicted octanol–water partition coefficient (Wildman–Crippen LogP) is 0.783. The van der Waals surface area contributed by atoms with Gasteiger partial charge in [-0.25, -0.2) is 14.6 Å². The summed E-state index contributed by atoms with van der Waals surface area (Å²) in [5.74, 6) is -1.32. The summed E-state index contributed by atoms with van der Waals surface area (Å²) in [5.41, 5.74) is -0.382.